The molecule has 118 valence electrons. The van der Waals surface area contributed by atoms with Crippen molar-refractivity contribution in [1.29, 1.82) is 0 Å². The molecular weight excluding hydrogens is 269 g/mol. The molecule has 21 heavy (non-hydrogen) atoms. The number of nitrogens with one attached hydrogen (secondary N) is 2. The third-order valence-electron chi connectivity index (χ3n) is 2.67. The lowest BCUT2D eigenvalue weighted by Gasteiger charge is -2.02. The van der Waals surface area contributed by atoms with Crippen molar-refractivity contribution in [2.24, 2.45) is 0 Å². The molecule has 1 amide bonds. The van der Waals surface area contributed by atoms with Crippen molar-refractivity contribution < 1.29 is 9.18 Å². The summed E-state index contributed by atoms with van der Waals surface area (Å²) in [4.78, 5) is 14.9. The van der Waals surface area contributed by atoms with E-state index in [0.717, 1.165) is 25.1 Å². The van der Waals surface area contributed by atoms with Crippen LogP contribution in [0.2, 0.25) is 0 Å². The Balaban J connectivity index is 0.000000921. The average molecular weight is 295 g/mol. The Hall–Kier alpha value is -1.75. The third kappa shape index (κ3) is 6.04. The molecule has 0 unspecified atom stereocenters. The number of amides is 1. The first-order valence-corrected chi connectivity index (χ1v) is 7.49. The van der Waals surface area contributed by atoms with Crippen LogP contribution in [0.1, 0.15) is 50.2 Å². The van der Waals surface area contributed by atoms with Gasteiger partial charge in [-0.1, -0.05) is 33.3 Å². The fourth-order valence-corrected chi connectivity index (χ4v) is 1.74. The Kier molecular flexibility index (Phi) is 10.1. The first kappa shape index (κ1) is 19.2. The van der Waals surface area contributed by atoms with Crippen molar-refractivity contribution >= 4 is 12.0 Å². The van der Waals surface area contributed by atoms with Gasteiger partial charge in [0.15, 0.2) is 0 Å². The maximum Gasteiger partial charge on any atom is 0.269 e. The predicted octanol–water partition coefficient (Wildman–Crippen LogP) is 3.01. The van der Waals surface area contributed by atoms with E-state index in [0.29, 0.717) is 5.56 Å². The van der Waals surface area contributed by atoms with Gasteiger partial charge < -0.3 is 10.6 Å². The molecule has 0 aromatic carbocycles. The first-order valence-electron chi connectivity index (χ1n) is 7.49. The van der Waals surface area contributed by atoms with Crippen LogP contribution < -0.4 is 10.6 Å². The van der Waals surface area contributed by atoms with E-state index in [1.165, 1.54) is 13.1 Å². The van der Waals surface area contributed by atoms with Crippen LogP contribution in [0.3, 0.4) is 0 Å². The van der Waals surface area contributed by atoms with Crippen molar-refractivity contribution in [1.82, 2.24) is 15.6 Å². The van der Waals surface area contributed by atoms with Crippen LogP contribution in [0.25, 0.3) is 6.08 Å². The topological polar surface area (TPSA) is 54.0 Å². The maximum absolute atomic E-state index is 13.6. The highest BCUT2D eigenvalue weighted by Gasteiger charge is 2.11. The number of hydrogen-bond donors (Lipinski definition) is 2. The van der Waals surface area contributed by atoms with E-state index < -0.39 is 5.95 Å². The van der Waals surface area contributed by atoms with E-state index in [9.17, 15) is 9.18 Å². The number of halogens is 1. The van der Waals surface area contributed by atoms with Crippen LogP contribution in [0.4, 0.5) is 4.39 Å². The summed E-state index contributed by atoms with van der Waals surface area (Å²) in [5.74, 6) is -0.990. The van der Waals surface area contributed by atoms with Gasteiger partial charge in [0.1, 0.15) is 5.69 Å². The Morgan fingerprint density at radius 3 is 2.48 bits per heavy atom. The normalized spacial score (nSPS) is 14.7. The van der Waals surface area contributed by atoms with Crippen molar-refractivity contribution in [3.8, 4) is 0 Å². The van der Waals surface area contributed by atoms with E-state index in [4.69, 9.17) is 0 Å². The minimum absolute atomic E-state index is 0.0942. The highest BCUT2D eigenvalue weighted by Crippen LogP contribution is 2.15. The molecule has 0 saturated carbocycles. The van der Waals surface area contributed by atoms with Crippen LogP contribution in [-0.2, 0) is 0 Å². The molecule has 1 aliphatic rings. The van der Waals surface area contributed by atoms with Crippen molar-refractivity contribution in [3.63, 3.8) is 0 Å². The summed E-state index contributed by atoms with van der Waals surface area (Å²) in [6.07, 6.45) is 2.71. The van der Waals surface area contributed by atoms with Gasteiger partial charge in [-0.25, -0.2) is 4.98 Å². The van der Waals surface area contributed by atoms with Gasteiger partial charge in [-0.05, 0) is 31.2 Å². The monoisotopic (exact) mass is 295 g/mol. The lowest BCUT2D eigenvalue weighted by Crippen LogP contribution is -2.19. The number of pyridine rings is 1. The molecule has 0 aliphatic carbocycles. The fourth-order valence-electron chi connectivity index (χ4n) is 1.74. The Morgan fingerprint density at radius 1 is 1.33 bits per heavy atom. The quantitative estimate of drug-likeness (QED) is 0.825. The number of hydrogen-bond acceptors (Lipinski definition) is 3. The summed E-state index contributed by atoms with van der Waals surface area (Å²) in [6, 6.07) is 3.11. The summed E-state index contributed by atoms with van der Waals surface area (Å²) < 4.78 is 13.6. The SMILES string of the molecule is CC.CC.CNC(=O)c1ccc(/C=C2\CCNC2)c(F)n1. The first-order chi connectivity index (χ1) is 10.2. The second-order valence-electron chi connectivity index (χ2n) is 3.89. The molecule has 2 rings (SSSR count). The molecule has 1 aromatic rings. The molecule has 1 fully saturated rings. The van der Waals surface area contributed by atoms with Gasteiger partial charge in [0.2, 0.25) is 5.95 Å². The van der Waals surface area contributed by atoms with E-state index in [2.05, 4.69) is 15.6 Å². The number of rotatable bonds is 2. The standard InChI is InChI=1S/C12H14FN3O.2C2H6/c1-14-12(17)10-3-2-9(11(13)16-10)6-8-4-5-15-7-8;2*1-2/h2-3,6,15H,4-5,7H2,1H3,(H,14,17);2*1-2H3/b8-6+;;. The van der Waals surface area contributed by atoms with E-state index in [1.807, 2.05) is 27.7 Å². The van der Waals surface area contributed by atoms with E-state index >= 15 is 0 Å². The number of carbonyl (C=O) groups excluding carboxylic acids is 1. The molecule has 0 spiro atoms. The zero-order chi connectivity index (χ0) is 16.3. The van der Waals surface area contributed by atoms with Crippen LogP contribution in [0.15, 0.2) is 17.7 Å². The number of nitrogens with zero attached hydrogens (tertiary/aromatic N) is 1. The summed E-state index contributed by atoms with van der Waals surface area (Å²) >= 11 is 0. The zero-order valence-electron chi connectivity index (χ0n) is 13.6. The number of carbonyl (C=O) groups is 1. The average Bonchev–Trinajstić information content (AvgIpc) is 3.05. The smallest absolute Gasteiger partial charge is 0.269 e. The molecule has 5 heteroatoms. The van der Waals surface area contributed by atoms with Gasteiger partial charge in [0, 0.05) is 19.2 Å². The van der Waals surface area contributed by atoms with Crippen LogP contribution in [0, 0.1) is 5.95 Å². The zero-order valence-corrected chi connectivity index (χ0v) is 13.6. The molecule has 1 saturated heterocycles. The number of aromatic nitrogens is 1. The summed E-state index contributed by atoms with van der Waals surface area (Å²) in [5, 5.41) is 5.58. The van der Waals surface area contributed by atoms with Crippen molar-refractivity contribution in [2.75, 3.05) is 20.1 Å². The molecular formula is C16H26FN3O. The molecule has 1 aromatic heterocycles. The van der Waals surface area contributed by atoms with Crippen LogP contribution >= 0.6 is 0 Å². The molecule has 0 radical (unpaired) electrons. The second-order valence-corrected chi connectivity index (χ2v) is 3.89. The maximum atomic E-state index is 13.6. The van der Waals surface area contributed by atoms with Gasteiger partial charge in [0.25, 0.3) is 5.91 Å². The molecule has 4 nitrogen and oxygen atoms in total. The molecule has 0 bridgehead atoms. The lowest BCUT2D eigenvalue weighted by atomic mass is 10.1. The lowest BCUT2D eigenvalue weighted by molar-refractivity contribution is 0.0957. The van der Waals surface area contributed by atoms with Crippen molar-refractivity contribution in [2.45, 2.75) is 34.1 Å². The van der Waals surface area contributed by atoms with Gasteiger partial charge in [-0.3, -0.25) is 4.79 Å². The summed E-state index contributed by atoms with van der Waals surface area (Å²) in [7, 11) is 1.49. The Labute approximate surface area is 126 Å². The van der Waals surface area contributed by atoms with Gasteiger partial charge in [-0.15, -0.1) is 0 Å². The minimum Gasteiger partial charge on any atom is -0.354 e. The minimum atomic E-state index is -0.606. The second kappa shape index (κ2) is 11.0. The van der Waals surface area contributed by atoms with Gasteiger partial charge in [-0.2, -0.15) is 4.39 Å². The molecule has 0 atom stereocenters. The Morgan fingerprint density at radius 2 is 2.00 bits per heavy atom. The van der Waals surface area contributed by atoms with E-state index in [-0.39, 0.29) is 11.6 Å². The van der Waals surface area contributed by atoms with E-state index in [1.54, 1.807) is 12.1 Å². The summed E-state index contributed by atoms with van der Waals surface area (Å²) in [5.41, 5.74) is 1.67. The highest BCUT2D eigenvalue weighted by atomic mass is 19.1. The highest BCUT2D eigenvalue weighted by molar-refractivity contribution is 5.92. The Bertz CT molecular complexity index is 465. The molecule has 2 N–H and O–H groups in total. The fraction of sp³-hybridized carbons (Fsp3) is 0.500. The largest absolute Gasteiger partial charge is 0.354 e. The molecule has 2 heterocycles. The third-order valence-corrected chi connectivity index (χ3v) is 2.67. The van der Waals surface area contributed by atoms with Crippen LogP contribution in [0.5, 0.6) is 0 Å². The molecule has 1 aliphatic heterocycles. The van der Waals surface area contributed by atoms with Gasteiger partial charge >= 0.3 is 0 Å². The van der Waals surface area contributed by atoms with Crippen molar-refractivity contribution in [3.05, 3.63) is 34.9 Å². The summed E-state index contributed by atoms with van der Waals surface area (Å²) in [6.45, 7) is 9.72. The van der Waals surface area contributed by atoms with Crippen LogP contribution in [-0.4, -0.2) is 31.0 Å². The predicted molar refractivity (Wildman–Crippen MR) is 85.7 cm³/mol. The van der Waals surface area contributed by atoms with Gasteiger partial charge in [0.05, 0.1) is 0 Å².